The molecule has 3 rings (SSSR count). The Kier molecular flexibility index (Phi) is 8.78. The average Bonchev–Trinajstić information content (AvgIpc) is 2.87. The first-order valence-electron chi connectivity index (χ1n) is 12.4. The Bertz CT molecular complexity index is 1200. The van der Waals surface area contributed by atoms with Crippen molar-refractivity contribution in [1.29, 1.82) is 0 Å². The van der Waals surface area contributed by atoms with Crippen LogP contribution >= 0.6 is 0 Å². The summed E-state index contributed by atoms with van der Waals surface area (Å²) in [6, 6.07) is 5.47. The van der Waals surface area contributed by atoms with Crippen LogP contribution in [0.5, 0.6) is 5.75 Å². The molecule has 3 unspecified atom stereocenters. The molecule has 1 saturated heterocycles. The first-order valence-corrected chi connectivity index (χ1v) is 12.4. The zero-order valence-corrected chi connectivity index (χ0v) is 22.3. The Hall–Kier alpha value is -3.51. The Morgan fingerprint density at radius 2 is 2.03 bits per heavy atom. The van der Waals surface area contributed by atoms with Gasteiger partial charge in [-0.15, -0.1) is 0 Å². The van der Waals surface area contributed by atoms with Gasteiger partial charge in [-0.05, 0) is 51.3 Å². The number of likely N-dealkylation sites (N-methyl/N-ethyl adjacent to an activating group) is 1. The van der Waals surface area contributed by atoms with Gasteiger partial charge in [0.2, 0.25) is 5.75 Å². The summed E-state index contributed by atoms with van der Waals surface area (Å²) < 4.78 is 24.7. The van der Waals surface area contributed by atoms with E-state index >= 15 is 0 Å². The number of carbonyl (C=O) groups excluding carboxylic acids is 2. The van der Waals surface area contributed by atoms with Gasteiger partial charge in [0.1, 0.15) is 28.9 Å². The maximum Gasteiger partial charge on any atom is 0.410 e. The van der Waals surface area contributed by atoms with Gasteiger partial charge in [0.05, 0.1) is 6.61 Å². The number of amides is 2. The van der Waals surface area contributed by atoms with E-state index < -0.39 is 52.1 Å². The normalized spacial score (nSPS) is 20.4. The minimum absolute atomic E-state index is 0.00197. The summed E-state index contributed by atoms with van der Waals surface area (Å²) in [5, 5.41) is 21.2. The van der Waals surface area contributed by atoms with Crippen molar-refractivity contribution in [2.24, 2.45) is 0 Å². The van der Waals surface area contributed by atoms with E-state index in [-0.39, 0.29) is 31.5 Å². The Morgan fingerprint density at radius 1 is 1.37 bits per heavy atom. The number of hydrogen-bond donors (Lipinski definition) is 3. The third-order valence-corrected chi connectivity index (χ3v) is 6.49. The van der Waals surface area contributed by atoms with Gasteiger partial charge in [0.25, 0.3) is 11.5 Å². The fourth-order valence-electron chi connectivity index (χ4n) is 4.19. The van der Waals surface area contributed by atoms with Crippen LogP contribution in [-0.2, 0) is 21.6 Å². The first kappa shape index (κ1) is 29.1. The number of halogens is 1. The second-order valence-corrected chi connectivity index (χ2v) is 10.4. The topological polar surface area (TPSA) is 157 Å². The molecule has 5 N–H and O–H groups in total. The van der Waals surface area contributed by atoms with Gasteiger partial charge in [-0.1, -0.05) is 19.1 Å². The maximum atomic E-state index is 13.2. The predicted octanol–water partition coefficient (Wildman–Crippen LogP) is 2.29. The van der Waals surface area contributed by atoms with Crippen molar-refractivity contribution < 1.29 is 33.7 Å². The highest BCUT2D eigenvalue weighted by atomic mass is 19.1. The van der Waals surface area contributed by atoms with E-state index in [4.69, 9.17) is 14.6 Å². The number of ether oxygens (including phenoxy) is 2. The molecule has 2 amide bonds. The van der Waals surface area contributed by atoms with Gasteiger partial charge in [0.15, 0.2) is 11.8 Å². The molecule has 1 fully saturated rings. The van der Waals surface area contributed by atoms with E-state index in [9.17, 15) is 23.9 Å². The summed E-state index contributed by atoms with van der Waals surface area (Å²) in [5.41, 5.74) is -3.05. The zero-order valence-electron chi connectivity index (χ0n) is 22.3. The number of hydrogen-bond acceptors (Lipinski definition) is 7. The second-order valence-electron chi connectivity index (χ2n) is 10.4. The van der Waals surface area contributed by atoms with Crippen LogP contribution in [0.4, 0.5) is 9.18 Å². The van der Waals surface area contributed by atoms with Crippen molar-refractivity contribution in [3.8, 4) is 5.75 Å². The second kappa shape index (κ2) is 11.5. The number of rotatable bonds is 7. The Balaban J connectivity index is 1.98. The molecular formula is C26H36FN4O7+. The van der Waals surface area contributed by atoms with Crippen LogP contribution in [0, 0.1) is 5.82 Å². The van der Waals surface area contributed by atoms with Gasteiger partial charge in [-0.25, -0.2) is 14.2 Å². The van der Waals surface area contributed by atoms with Crippen molar-refractivity contribution in [2.75, 3.05) is 13.7 Å². The van der Waals surface area contributed by atoms with E-state index in [1.807, 2.05) is 6.92 Å². The number of aromatic amines is 1. The first-order chi connectivity index (χ1) is 17.8. The van der Waals surface area contributed by atoms with Crippen molar-refractivity contribution in [2.45, 2.75) is 76.9 Å². The van der Waals surface area contributed by atoms with Crippen molar-refractivity contribution in [1.82, 2.24) is 20.2 Å². The summed E-state index contributed by atoms with van der Waals surface area (Å²) in [4.78, 5) is 46.8. The molecule has 0 aliphatic carbocycles. The molecule has 0 spiro atoms. The van der Waals surface area contributed by atoms with Crippen LogP contribution in [0.3, 0.4) is 0 Å². The van der Waals surface area contributed by atoms with Crippen molar-refractivity contribution in [3.05, 3.63) is 57.5 Å². The van der Waals surface area contributed by atoms with E-state index in [0.717, 1.165) is 0 Å². The standard InChI is InChI=1S/C26H35FN4O7/c1-6-17(32)18-11-12-26(14-37-18,31(5)24(36)38-25(2,3)4)23-29-19(20(33)22(35)30-23)21(34)28-13-15-7-9-16(27)10-8-15/h7-10,17-18,32-33H,6,11-14H2,1-5H3,(H,28,34)(H,29,30,35)/p+1. The van der Waals surface area contributed by atoms with Gasteiger partial charge in [0, 0.05) is 20.0 Å². The Morgan fingerprint density at radius 3 is 2.58 bits per heavy atom. The third kappa shape index (κ3) is 6.48. The molecule has 208 valence electrons. The van der Waals surface area contributed by atoms with E-state index in [2.05, 4.69) is 15.3 Å². The summed E-state index contributed by atoms with van der Waals surface area (Å²) in [7, 11) is 1.48. The molecule has 1 aromatic carbocycles. The summed E-state index contributed by atoms with van der Waals surface area (Å²) >= 11 is 0. The number of H-pyrrole nitrogens is 1. The predicted molar refractivity (Wildman–Crippen MR) is 136 cm³/mol. The molecule has 11 nitrogen and oxygen atoms in total. The van der Waals surface area contributed by atoms with Gasteiger partial charge in [-0.2, -0.15) is 0 Å². The third-order valence-electron chi connectivity index (χ3n) is 6.49. The molecule has 1 aromatic heterocycles. The van der Waals surface area contributed by atoms with E-state index in [1.165, 1.54) is 36.2 Å². The zero-order chi connectivity index (χ0) is 28.3. The molecule has 1 aliphatic rings. The lowest BCUT2D eigenvalue weighted by Crippen LogP contribution is -2.57. The number of nitrogens with zero attached hydrogens (tertiary/aromatic N) is 2. The minimum Gasteiger partial charge on any atom is -0.501 e. The molecule has 38 heavy (non-hydrogen) atoms. The lowest BCUT2D eigenvalue weighted by Gasteiger charge is -2.45. The Labute approximate surface area is 220 Å². The van der Waals surface area contributed by atoms with Crippen LogP contribution in [0.15, 0.2) is 29.1 Å². The fraction of sp³-hybridized carbons (Fsp3) is 0.538. The van der Waals surface area contributed by atoms with Crippen LogP contribution in [0.25, 0.3) is 0 Å². The molecule has 0 radical (unpaired) electrons. The summed E-state index contributed by atoms with van der Waals surface area (Å²) in [6.45, 7) is 6.91. The van der Waals surface area contributed by atoms with E-state index in [0.29, 0.717) is 18.4 Å². The fourth-order valence-corrected chi connectivity index (χ4v) is 4.19. The molecular weight excluding hydrogens is 499 g/mol. The highest BCUT2D eigenvalue weighted by molar-refractivity contribution is 5.94. The average molecular weight is 536 g/mol. The quantitative estimate of drug-likeness (QED) is 0.459. The highest BCUT2D eigenvalue weighted by Gasteiger charge is 2.48. The van der Waals surface area contributed by atoms with Crippen molar-refractivity contribution in [3.63, 3.8) is 0 Å². The lowest BCUT2D eigenvalue weighted by molar-refractivity contribution is -0.125. The van der Waals surface area contributed by atoms with Crippen molar-refractivity contribution >= 4 is 12.0 Å². The van der Waals surface area contributed by atoms with Crippen LogP contribution in [0.1, 0.15) is 68.8 Å². The molecule has 12 heteroatoms. The molecule has 3 atom stereocenters. The monoisotopic (exact) mass is 535 g/mol. The van der Waals surface area contributed by atoms with Gasteiger partial charge < -0.3 is 30.0 Å². The largest absolute Gasteiger partial charge is 0.501 e. The van der Waals surface area contributed by atoms with Gasteiger partial charge >= 0.3 is 6.09 Å². The summed E-state index contributed by atoms with van der Waals surface area (Å²) in [5.74, 6) is -2.20. The number of nitrogens with one attached hydrogen (secondary N) is 2. The maximum absolute atomic E-state index is 13.2. The number of benzene rings is 1. The highest BCUT2D eigenvalue weighted by Crippen LogP contribution is 2.38. The lowest BCUT2D eigenvalue weighted by atomic mass is 9.86. The molecule has 2 heterocycles. The van der Waals surface area contributed by atoms with Crippen LogP contribution in [-0.4, -0.2) is 68.5 Å². The van der Waals surface area contributed by atoms with E-state index in [1.54, 1.807) is 20.8 Å². The molecule has 0 bridgehead atoms. The van der Waals surface area contributed by atoms with Crippen LogP contribution in [0.2, 0.25) is 0 Å². The van der Waals surface area contributed by atoms with Gasteiger partial charge in [-0.3, -0.25) is 14.5 Å². The van der Waals surface area contributed by atoms with Crippen LogP contribution < -0.4 is 10.9 Å². The minimum atomic E-state index is -1.34. The number of carbonyl (C=O) groups is 2. The smallest absolute Gasteiger partial charge is 0.410 e. The molecule has 0 saturated carbocycles. The summed E-state index contributed by atoms with van der Waals surface area (Å²) in [6.07, 6.45) is -0.344. The number of aromatic nitrogens is 2. The SMILES string of the molecule is CCC([OH2+])C1CCC(c2nc(C(=O)NCc3ccc(F)cc3)c(O)c(=O)[nH]2)(N(C)C(=O)OC(C)(C)C)CO1. The molecule has 2 aromatic rings. The molecule has 1 aliphatic heterocycles. The number of aromatic hydroxyl groups is 1.